The van der Waals surface area contributed by atoms with Crippen LogP contribution in [-0.4, -0.2) is 11.3 Å². The molecular weight excluding hydrogens is 229 g/mol. The normalized spacial score (nSPS) is 9.44. The van der Waals surface area contributed by atoms with E-state index in [4.69, 9.17) is 0 Å². The van der Waals surface area contributed by atoms with Crippen molar-refractivity contribution in [3.05, 3.63) is 64.7 Å². The summed E-state index contributed by atoms with van der Waals surface area (Å²) in [6, 6.07) is 9.40. The summed E-state index contributed by atoms with van der Waals surface area (Å²) >= 11 is 0. The van der Waals surface area contributed by atoms with Crippen molar-refractivity contribution in [2.45, 2.75) is 6.92 Å². The molecule has 1 aromatic carbocycles. The molecule has 1 heterocycles. The lowest BCUT2D eigenvalue weighted by Crippen LogP contribution is -1.93. The third kappa shape index (κ3) is 2.80. The van der Waals surface area contributed by atoms with Gasteiger partial charge in [-0.15, -0.1) is 0 Å². The van der Waals surface area contributed by atoms with Crippen LogP contribution in [0.3, 0.4) is 0 Å². The first-order valence-corrected chi connectivity index (χ1v) is 5.39. The van der Waals surface area contributed by atoms with Crippen LogP contribution in [0.1, 0.15) is 27.3 Å². The number of hydrogen-bond donors (Lipinski definition) is 0. The minimum atomic E-state index is -0.317. The van der Waals surface area contributed by atoms with Crippen molar-refractivity contribution >= 4 is 6.29 Å². The minimum absolute atomic E-state index is 0.317. The molecule has 2 nitrogen and oxygen atoms in total. The van der Waals surface area contributed by atoms with E-state index in [2.05, 4.69) is 16.8 Å². The SMILES string of the molecule is Cc1nc(C#Cc2cccc(F)c2)ccc1C=O. The van der Waals surface area contributed by atoms with Crippen LogP contribution in [0.5, 0.6) is 0 Å². The van der Waals surface area contributed by atoms with Crippen LogP contribution >= 0.6 is 0 Å². The van der Waals surface area contributed by atoms with Crippen molar-refractivity contribution in [3.8, 4) is 11.8 Å². The Labute approximate surface area is 104 Å². The second kappa shape index (κ2) is 5.24. The Morgan fingerprint density at radius 1 is 1.22 bits per heavy atom. The first-order valence-electron chi connectivity index (χ1n) is 5.39. The summed E-state index contributed by atoms with van der Waals surface area (Å²) in [7, 11) is 0. The van der Waals surface area contributed by atoms with Crippen LogP contribution in [0, 0.1) is 24.6 Å². The maximum atomic E-state index is 12.9. The van der Waals surface area contributed by atoms with Crippen LogP contribution in [0.15, 0.2) is 36.4 Å². The highest BCUT2D eigenvalue weighted by Crippen LogP contribution is 2.05. The lowest BCUT2D eigenvalue weighted by molar-refractivity contribution is 0.112. The predicted octanol–water partition coefficient (Wildman–Crippen LogP) is 2.74. The van der Waals surface area contributed by atoms with Gasteiger partial charge < -0.3 is 0 Å². The van der Waals surface area contributed by atoms with Crippen molar-refractivity contribution < 1.29 is 9.18 Å². The second-order valence-corrected chi connectivity index (χ2v) is 3.75. The molecule has 0 aliphatic rings. The summed E-state index contributed by atoms with van der Waals surface area (Å²) in [5.74, 6) is 5.34. The van der Waals surface area contributed by atoms with Gasteiger partial charge in [-0.1, -0.05) is 12.0 Å². The summed E-state index contributed by atoms with van der Waals surface area (Å²) in [5, 5.41) is 0. The van der Waals surface area contributed by atoms with Crippen molar-refractivity contribution in [2.75, 3.05) is 0 Å². The zero-order valence-electron chi connectivity index (χ0n) is 9.77. The number of benzene rings is 1. The van der Waals surface area contributed by atoms with E-state index in [-0.39, 0.29) is 5.82 Å². The van der Waals surface area contributed by atoms with Gasteiger partial charge in [0.05, 0.1) is 0 Å². The highest BCUT2D eigenvalue weighted by molar-refractivity contribution is 5.76. The Hall–Kier alpha value is -2.47. The fourth-order valence-corrected chi connectivity index (χ4v) is 1.47. The molecule has 1 aromatic heterocycles. The van der Waals surface area contributed by atoms with Crippen molar-refractivity contribution in [1.29, 1.82) is 0 Å². The Kier molecular flexibility index (Phi) is 3.49. The van der Waals surface area contributed by atoms with E-state index >= 15 is 0 Å². The molecule has 0 aliphatic heterocycles. The van der Waals surface area contributed by atoms with Crippen LogP contribution in [-0.2, 0) is 0 Å². The zero-order valence-corrected chi connectivity index (χ0v) is 9.77. The molecule has 2 rings (SSSR count). The fraction of sp³-hybridized carbons (Fsp3) is 0.0667. The first-order chi connectivity index (χ1) is 8.69. The lowest BCUT2D eigenvalue weighted by atomic mass is 10.2. The number of halogens is 1. The summed E-state index contributed by atoms with van der Waals surface area (Å²) in [4.78, 5) is 14.8. The van der Waals surface area contributed by atoms with E-state index in [0.717, 1.165) is 6.29 Å². The summed E-state index contributed by atoms with van der Waals surface area (Å²) in [6.07, 6.45) is 0.756. The number of aromatic nitrogens is 1. The summed E-state index contributed by atoms with van der Waals surface area (Å²) in [6.45, 7) is 1.75. The molecule has 3 heteroatoms. The first kappa shape index (κ1) is 12.0. The molecule has 0 N–H and O–H groups in total. The maximum Gasteiger partial charge on any atom is 0.151 e. The predicted molar refractivity (Wildman–Crippen MR) is 66.7 cm³/mol. The van der Waals surface area contributed by atoms with Crippen LogP contribution in [0.2, 0.25) is 0 Å². The van der Waals surface area contributed by atoms with Crippen molar-refractivity contribution in [2.24, 2.45) is 0 Å². The summed E-state index contributed by atoms with van der Waals surface area (Å²) in [5.41, 5.74) is 2.33. The van der Waals surface area contributed by atoms with E-state index in [9.17, 15) is 9.18 Å². The van der Waals surface area contributed by atoms with Gasteiger partial charge in [-0.05, 0) is 43.2 Å². The van der Waals surface area contributed by atoms with E-state index in [1.54, 1.807) is 31.2 Å². The smallest absolute Gasteiger partial charge is 0.151 e. The van der Waals surface area contributed by atoms with Gasteiger partial charge in [0.2, 0.25) is 0 Å². The maximum absolute atomic E-state index is 12.9. The second-order valence-electron chi connectivity index (χ2n) is 3.75. The van der Waals surface area contributed by atoms with Gasteiger partial charge in [0.1, 0.15) is 11.5 Å². The Balaban J connectivity index is 2.30. The average molecular weight is 239 g/mol. The average Bonchev–Trinajstić information content (AvgIpc) is 2.37. The number of carbonyl (C=O) groups is 1. The molecule has 18 heavy (non-hydrogen) atoms. The molecule has 0 radical (unpaired) electrons. The van der Waals surface area contributed by atoms with E-state index in [0.29, 0.717) is 22.5 Å². The molecule has 0 saturated heterocycles. The number of pyridine rings is 1. The van der Waals surface area contributed by atoms with E-state index < -0.39 is 0 Å². The monoisotopic (exact) mass is 239 g/mol. The number of carbonyl (C=O) groups excluding carboxylic acids is 1. The van der Waals surface area contributed by atoms with E-state index in [1.807, 2.05) is 0 Å². The van der Waals surface area contributed by atoms with Crippen LogP contribution in [0.25, 0.3) is 0 Å². The Morgan fingerprint density at radius 2 is 2.06 bits per heavy atom. The molecule has 2 aromatic rings. The molecule has 0 unspecified atom stereocenters. The molecule has 0 atom stereocenters. The standard InChI is InChI=1S/C15H10FNO/c1-11-13(10-18)6-8-15(17-11)7-5-12-3-2-4-14(16)9-12/h2-4,6,8-10H,1H3. The van der Waals surface area contributed by atoms with Gasteiger partial charge in [0, 0.05) is 16.8 Å². The number of aryl methyl sites for hydroxylation is 1. The molecule has 0 saturated carbocycles. The number of aldehydes is 1. The Bertz CT molecular complexity index is 653. The highest BCUT2D eigenvalue weighted by Gasteiger charge is 1.98. The third-order valence-electron chi connectivity index (χ3n) is 2.41. The van der Waals surface area contributed by atoms with Crippen LogP contribution in [0.4, 0.5) is 4.39 Å². The molecule has 0 fully saturated rings. The number of hydrogen-bond acceptors (Lipinski definition) is 2. The number of rotatable bonds is 1. The molecule has 0 spiro atoms. The van der Waals surface area contributed by atoms with Crippen molar-refractivity contribution in [1.82, 2.24) is 4.98 Å². The van der Waals surface area contributed by atoms with Crippen LogP contribution < -0.4 is 0 Å². The van der Waals surface area contributed by atoms with Gasteiger partial charge in [-0.3, -0.25) is 4.79 Å². The molecule has 88 valence electrons. The minimum Gasteiger partial charge on any atom is -0.298 e. The van der Waals surface area contributed by atoms with Gasteiger partial charge in [-0.25, -0.2) is 9.37 Å². The van der Waals surface area contributed by atoms with Gasteiger partial charge in [-0.2, -0.15) is 0 Å². The Morgan fingerprint density at radius 3 is 2.72 bits per heavy atom. The van der Waals surface area contributed by atoms with Gasteiger partial charge >= 0.3 is 0 Å². The molecule has 0 aliphatic carbocycles. The molecule has 0 bridgehead atoms. The summed E-state index contributed by atoms with van der Waals surface area (Å²) < 4.78 is 12.9. The zero-order chi connectivity index (χ0) is 13.0. The largest absolute Gasteiger partial charge is 0.298 e. The highest BCUT2D eigenvalue weighted by atomic mass is 19.1. The molecule has 0 amide bonds. The van der Waals surface area contributed by atoms with E-state index in [1.165, 1.54) is 12.1 Å². The topological polar surface area (TPSA) is 30.0 Å². The quantitative estimate of drug-likeness (QED) is 0.565. The molecular formula is C15H10FNO. The fourth-order valence-electron chi connectivity index (χ4n) is 1.47. The third-order valence-corrected chi connectivity index (χ3v) is 2.41. The lowest BCUT2D eigenvalue weighted by Gasteiger charge is -1.97. The van der Waals surface area contributed by atoms with Crippen molar-refractivity contribution in [3.63, 3.8) is 0 Å². The van der Waals surface area contributed by atoms with Gasteiger partial charge in [0.15, 0.2) is 6.29 Å². The number of nitrogens with zero attached hydrogens (tertiary/aromatic N) is 1. The van der Waals surface area contributed by atoms with Gasteiger partial charge in [0.25, 0.3) is 0 Å².